The smallest absolute Gasteiger partial charge is 0.143 e. The Morgan fingerprint density at radius 3 is 2.92 bits per heavy atom. The number of halogens is 1. The Kier molecular flexibility index (Phi) is 1.50. The van der Waals surface area contributed by atoms with Crippen LogP contribution in [0.25, 0.3) is 11.0 Å². The van der Waals surface area contributed by atoms with Gasteiger partial charge in [-0.3, -0.25) is 9.97 Å². The molecule has 0 aliphatic heterocycles. The van der Waals surface area contributed by atoms with Gasteiger partial charge in [0.25, 0.3) is 0 Å². The van der Waals surface area contributed by atoms with Crippen molar-refractivity contribution in [1.82, 2.24) is 9.97 Å². The molecule has 2 heterocycles. The molecule has 0 saturated carbocycles. The van der Waals surface area contributed by atoms with Crippen LogP contribution in [0.2, 0.25) is 0 Å². The molecule has 0 fully saturated rings. The Balaban J connectivity index is 2.80. The lowest BCUT2D eigenvalue weighted by molar-refractivity contribution is 0.624. The van der Waals surface area contributed by atoms with Crippen LogP contribution in [0.4, 0.5) is 4.39 Å². The molecule has 0 radical (unpaired) electrons. The summed E-state index contributed by atoms with van der Waals surface area (Å²) in [4.78, 5) is 8.02. The largest absolute Gasteiger partial charge is 0.252 e. The first-order chi connectivity index (χ1) is 5.75. The third-order valence-electron chi connectivity index (χ3n) is 1.64. The lowest BCUT2D eigenvalue weighted by Crippen LogP contribution is -1.86. The zero-order valence-electron chi connectivity index (χ0n) is 6.58. The minimum Gasteiger partial charge on any atom is -0.252 e. The van der Waals surface area contributed by atoms with Gasteiger partial charge in [0, 0.05) is 11.8 Å². The van der Waals surface area contributed by atoms with Gasteiger partial charge in [0.15, 0.2) is 0 Å². The molecule has 2 nitrogen and oxygen atoms in total. The van der Waals surface area contributed by atoms with Gasteiger partial charge in [0.1, 0.15) is 5.82 Å². The summed E-state index contributed by atoms with van der Waals surface area (Å²) in [5.41, 5.74) is 2.20. The first kappa shape index (κ1) is 7.16. The van der Waals surface area contributed by atoms with Crippen molar-refractivity contribution in [2.45, 2.75) is 6.92 Å². The number of hydrogen-bond acceptors (Lipinski definition) is 2. The molecule has 2 aromatic rings. The van der Waals surface area contributed by atoms with Gasteiger partial charge in [-0.25, -0.2) is 4.39 Å². The summed E-state index contributed by atoms with van der Waals surface area (Å²) in [7, 11) is 0. The van der Waals surface area contributed by atoms with Crippen molar-refractivity contribution in [1.29, 1.82) is 0 Å². The highest BCUT2D eigenvalue weighted by atomic mass is 19.1. The molecule has 0 atom stereocenters. The number of aromatic nitrogens is 2. The maximum atomic E-state index is 12.7. The Labute approximate surface area is 69.1 Å². The van der Waals surface area contributed by atoms with E-state index in [1.54, 1.807) is 0 Å². The fraction of sp³-hybridized carbons (Fsp3) is 0.111. The van der Waals surface area contributed by atoms with Gasteiger partial charge in [-0.1, -0.05) is 0 Å². The maximum absolute atomic E-state index is 12.7. The van der Waals surface area contributed by atoms with Crippen LogP contribution >= 0.6 is 0 Å². The van der Waals surface area contributed by atoms with Crippen molar-refractivity contribution in [3.8, 4) is 0 Å². The lowest BCUT2D eigenvalue weighted by atomic mass is 10.3. The van der Waals surface area contributed by atoms with Crippen molar-refractivity contribution < 1.29 is 4.39 Å². The Hall–Kier alpha value is -1.51. The zero-order chi connectivity index (χ0) is 8.55. The first-order valence-corrected chi connectivity index (χ1v) is 3.64. The molecular weight excluding hydrogens is 155 g/mol. The number of aryl methyl sites for hydroxylation is 1. The van der Waals surface area contributed by atoms with Crippen LogP contribution in [0.15, 0.2) is 24.4 Å². The predicted octanol–water partition coefficient (Wildman–Crippen LogP) is 2.08. The zero-order valence-corrected chi connectivity index (χ0v) is 6.58. The quantitative estimate of drug-likeness (QED) is 0.592. The van der Waals surface area contributed by atoms with E-state index in [0.717, 1.165) is 11.2 Å². The van der Waals surface area contributed by atoms with E-state index >= 15 is 0 Å². The number of hydrogen-bond donors (Lipinski definition) is 0. The third-order valence-corrected chi connectivity index (χ3v) is 1.64. The topological polar surface area (TPSA) is 25.8 Å². The standard InChI is InChI=1S/C9H7FN2/c1-6-2-3-8-9(12-6)4-7(10)5-11-8/h2-5H,1H3. The van der Waals surface area contributed by atoms with Crippen molar-refractivity contribution in [2.75, 3.05) is 0 Å². The van der Waals surface area contributed by atoms with Gasteiger partial charge in [0.2, 0.25) is 0 Å². The van der Waals surface area contributed by atoms with E-state index in [9.17, 15) is 4.39 Å². The van der Waals surface area contributed by atoms with E-state index in [-0.39, 0.29) is 5.82 Å². The molecule has 2 rings (SSSR count). The van der Waals surface area contributed by atoms with Crippen molar-refractivity contribution in [3.05, 3.63) is 35.9 Å². The van der Waals surface area contributed by atoms with Crippen LogP contribution in [0.1, 0.15) is 5.69 Å². The Morgan fingerprint density at radius 2 is 2.08 bits per heavy atom. The highest BCUT2D eigenvalue weighted by molar-refractivity contribution is 5.73. The van der Waals surface area contributed by atoms with Crippen molar-refractivity contribution in [3.63, 3.8) is 0 Å². The average Bonchev–Trinajstić information content (AvgIpc) is 2.03. The van der Waals surface area contributed by atoms with Crippen LogP contribution in [0.3, 0.4) is 0 Å². The number of pyridine rings is 2. The second-order valence-electron chi connectivity index (χ2n) is 2.64. The monoisotopic (exact) mass is 162 g/mol. The molecular formula is C9H7FN2. The van der Waals surface area contributed by atoms with E-state index < -0.39 is 0 Å². The van der Waals surface area contributed by atoms with Gasteiger partial charge in [0.05, 0.1) is 17.2 Å². The predicted molar refractivity (Wildman–Crippen MR) is 44.2 cm³/mol. The van der Waals surface area contributed by atoms with Crippen LogP contribution < -0.4 is 0 Å². The second-order valence-corrected chi connectivity index (χ2v) is 2.64. The Bertz CT molecular complexity index is 389. The molecule has 0 amide bonds. The molecule has 0 aromatic carbocycles. The summed E-state index contributed by atoms with van der Waals surface area (Å²) >= 11 is 0. The highest BCUT2D eigenvalue weighted by Gasteiger charge is 1.97. The molecule has 0 bridgehead atoms. The fourth-order valence-electron chi connectivity index (χ4n) is 1.08. The third kappa shape index (κ3) is 1.13. The molecule has 60 valence electrons. The molecule has 2 aromatic heterocycles. The summed E-state index contributed by atoms with van der Waals surface area (Å²) < 4.78 is 12.7. The summed E-state index contributed by atoms with van der Waals surface area (Å²) in [6.07, 6.45) is 1.19. The number of rotatable bonds is 0. The average molecular weight is 162 g/mol. The van der Waals surface area contributed by atoms with Crippen LogP contribution in [-0.2, 0) is 0 Å². The van der Waals surface area contributed by atoms with E-state index in [4.69, 9.17) is 0 Å². The first-order valence-electron chi connectivity index (χ1n) is 3.64. The summed E-state index contributed by atoms with van der Waals surface area (Å²) in [6, 6.07) is 5.07. The number of nitrogens with zero attached hydrogens (tertiary/aromatic N) is 2. The van der Waals surface area contributed by atoms with Gasteiger partial charge in [-0.15, -0.1) is 0 Å². The second kappa shape index (κ2) is 2.52. The van der Waals surface area contributed by atoms with Crippen LogP contribution in [0.5, 0.6) is 0 Å². The fourth-order valence-corrected chi connectivity index (χ4v) is 1.08. The van der Waals surface area contributed by atoms with E-state index in [1.165, 1.54) is 12.3 Å². The van der Waals surface area contributed by atoms with Crippen LogP contribution in [-0.4, -0.2) is 9.97 Å². The summed E-state index contributed by atoms with van der Waals surface area (Å²) in [6.45, 7) is 1.87. The minimum atomic E-state index is -0.347. The Morgan fingerprint density at radius 1 is 1.25 bits per heavy atom. The molecule has 0 unspecified atom stereocenters. The molecule has 0 aliphatic carbocycles. The lowest BCUT2D eigenvalue weighted by Gasteiger charge is -1.96. The van der Waals surface area contributed by atoms with Gasteiger partial charge in [-0.05, 0) is 19.1 Å². The minimum absolute atomic E-state index is 0.347. The highest BCUT2D eigenvalue weighted by Crippen LogP contribution is 2.10. The van der Waals surface area contributed by atoms with Gasteiger partial charge >= 0.3 is 0 Å². The molecule has 0 aliphatic rings. The summed E-state index contributed by atoms with van der Waals surface area (Å²) in [5.74, 6) is -0.347. The van der Waals surface area contributed by atoms with Crippen molar-refractivity contribution >= 4 is 11.0 Å². The maximum Gasteiger partial charge on any atom is 0.143 e. The molecule has 0 saturated heterocycles. The van der Waals surface area contributed by atoms with E-state index in [0.29, 0.717) is 5.52 Å². The summed E-state index contributed by atoms with van der Waals surface area (Å²) in [5, 5.41) is 0. The number of fused-ring (bicyclic) bond motifs is 1. The van der Waals surface area contributed by atoms with E-state index in [2.05, 4.69) is 9.97 Å². The normalized spacial score (nSPS) is 10.5. The molecule has 12 heavy (non-hydrogen) atoms. The van der Waals surface area contributed by atoms with Gasteiger partial charge in [-0.2, -0.15) is 0 Å². The molecule has 0 spiro atoms. The molecule has 3 heteroatoms. The van der Waals surface area contributed by atoms with Crippen LogP contribution in [0, 0.1) is 12.7 Å². The SMILES string of the molecule is Cc1ccc2ncc(F)cc2n1. The molecule has 0 N–H and O–H groups in total. The van der Waals surface area contributed by atoms with Gasteiger partial charge < -0.3 is 0 Å². The van der Waals surface area contributed by atoms with Crippen molar-refractivity contribution in [2.24, 2.45) is 0 Å². The van der Waals surface area contributed by atoms with E-state index in [1.807, 2.05) is 19.1 Å².